The Bertz CT molecular complexity index is 8.00. The average molecular weight is 371 g/mol. The summed E-state index contributed by atoms with van der Waals surface area (Å²) in [7, 11) is 0. The predicted octanol–water partition coefficient (Wildman–Crippen LogP) is -0.880. The molecule has 0 saturated carbocycles. The van der Waals surface area contributed by atoms with Crippen LogP contribution in [0.15, 0.2) is 0 Å². The fourth-order valence-corrected chi connectivity index (χ4v) is 0. The molecule has 3 radical (unpaired) electrons. The van der Waals surface area contributed by atoms with Crippen LogP contribution in [0.2, 0.25) is 0 Å². The van der Waals surface area contributed by atoms with Crippen molar-refractivity contribution in [2.75, 3.05) is 0 Å². The molecule has 4 heavy (non-hydrogen) atoms. The Morgan fingerprint density at radius 3 is 1.25 bits per heavy atom. The number of rotatable bonds is 0. The van der Waals surface area contributed by atoms with E-state index in [4.69, 9.17) is 2.81 Å². The molecule has 0 atom stereocenters. The van der Waals surface area contributed by atoms with Gasteiger partial charge in [0.25, 0.3) is 0 Å². The molecular weight excluding hydrogens is 371 g/mol. The van der Waals surface area contributed by atoms with E-state index < -0.39 is 0 Å². The molecule has 4 heteroatoms. The Labute approximate surface area is 80.4 Å². The van der Waals surface area contributed by atoms with Gasteiger partial charge in [-0.25, -0.2) is 0 Å². The van der Waals surface area contributed by atoms with Gasteiger partial charge in [0.2, 0.25) is 0 Å². The maximum absolute atomic E-state index is 8.36. The van der Waals surface area contributed by atoms with E-state index in [0.29, 0.717) is 0 Å². The van der Waals surface area contributed by atoms with Crippen LogP contribution in [0.1, 0.15) is 0 Å². The van der Waals surface area contributed by atoms with Gasteiger partial charge in [-0.15, -0.1) is 0 Å². The summed E-state index contributed by atoms with van der Waals surface area (Å²) in [5.41, 5.74) is 0. The first-order valence-electron chi connectivity index (χ1n) is 0.183. The zero-order chi connectivity index (χ0) is 2.00. The van der Waals surface area contributed by atoms with E-state index >= 15 is 0 Å². The third kappa shape index (κ3) is 8.82. The molecule has 15 valence electrons. The summed E-state index contributed by atoms with van der Waals surface area (Å²) in [6, 6.07) is 0. The fourth-order valence-electron chi connectivity index (χ4n) is 0. The quantitative estimate of drug-likeness (QED) is 0.506. The molecule has 0 rings (SSSR count). The molecule has 0 heterocycles. The standard InChI is InChI=1S/Bi.La.Li.O. The van der Waals surface area contributed by atoms with E-state index in [-0.39, 0.29) is 79.2 Å². The van der Waals surface area contributed by atoms with E-state index in [1.807, 2.05) is 0 Å². The first-order chi connectivity index (χ1) is 1.00. The third-order valence-corrected chi connectivity index (χ3v) is 0. The Morgan fingerprint density at radius 2 is 1.25 bits per heavy atom. The predicted molar refractivity (Wildman–Crippen MR) is 12.2 cm³/mol. The minimum atomic E-state index is 0. The third-order valence-electron chi connectivity index (χ3n) is 0. The second-order valence-corrected chi connectivity index (χ2v) is 0. The Hall–Kier alpha value is 2.48. The molecule has 0 unspecified atom stereocenters. The molecule has 0 aromatic carbocycles. The molecular formula is BiLaLiO. The maximum atomic E-state index is 8.36. The van der Waals surface area contributed by atoms with Crippen molar-refractivity contribution in [1.29, 1.82) is 0 Å². The Morgan fingerprint density at radius 1 is 1.25 bits per heavy atom. The molecule has 0 N–H and O–H groups in total. The number of hydrogen-bond acceptors (Lipinski definition) is 1. The van der Waals surface area contributed by atoms with Crippen molar-refractivity contribution in [3.8, 4) is 0 Å². The molecule has 0 fully saturated rings. The van der Waals surface area contributed by atoms with Crippen LogP contribution in [0.3, 0.4) is 0 Å². The van der Waals surface area contributed by atoms with Gasteiger partial charge in [0.05, 0.1) is 0 Å². The normalized spacial score (nSPS) is 1.00. The molecule has 0 aliphatic heterocycles. The SMILES string of the molecule is [La].[Li].[O]=[Bi]. The van der Waals surface area contributed by atoms with Crippen LogP contribution in [0.25, 0.3) is 0 Å². The van der Waals surface area contributed by atoms with Crippen molar-refractivity contribution in [2.45, 2.75) is 0 Å². The average Bonchev–Trinajstić information content (AvgIpc) is 1.00. The van der Waals surface area contributed by atoms with Gasteiger partial charge in [-0.2, -0.15) is 0 Å². The van der Waals surface area contributed by atoms with Gasteiger partial charge in [-0.3, -0.25) is 0 Å². The first kappa shape index (κ1) is 16.1. The van der Waals surface area contributed by atoms with Crippen LogP contribution in [-0.2, 0) is 2.81 Å². The zero-order valence-corrected chi connectivity index (χ0v) is 9.54. The number of hydrogen-bond donors (Lipinski definition) is 0. The Balaban J connectivity index is -0.00000000500. The minimum absolute atomic E-state index is 0. The van der Waals surface area contributed by atoms with Crippen molar-refractivity contribution in [2.24, 2.45) is 0 Å². The van der Waals surface area contributed by atoms with E-state index in [1.54, 1.807) is 0 Å². The van der Waals surface area contributed by atoms with Crippen LogP contribution in [0.4, 0.5) is 0 Å². The summed E-state index contributed by atoms with van der Waals surface area (Å²) in [5, 5.41) is 0. The van der Waals surface area contributed by atoms with E-state index in [9.17, 15) is 0 Å². The summed E-state index contributed by atoms with van der Waals surface area (Å²) < 4.78 is 8.36. The van der Waals surface area contributed by atoms with Gasteiger partial charge in [0.15, 0.2) is 0 Å². The van der Waals surface area contributed by atoms with Gasteiger partial charge in [0, 0.05) is 54.5 Å². The van der Waals surface area contributed by atoms with Crippen molar-refractivity contribution >= 4 is 43.6 Å². The molecule has 0 amide bonds. The summed E-state index contributed by atoms with van der Waals surface area (Å²) in [6.07, 6.45) is 0. The molecule has 0 aromatic rings. The Kier molecular flexibility index (Phi) is 71.9. The summed E-state index contributed by atoms with van der Waals surface area (Å²) >= 11 is 0.194. The van der Waals surface area contributed by atoms with E-state index in [2.05, 4.69) is 0 Å². The van der Waals surface area contributed by atoms with Crippen LogP contribution in [-0.4, -0.2) is 43.6 Å². The van der Waals surface area contributed by atoms with Gasteiger partial charge in [-0.1, -0.05) is 0 Å². The van der Waals surface area contributed by atoms with Crippen LogP contribution in [0, 0.1) is 35.6 Å². The van der Waals surface area contributed by atoms with Crippen LogP contribution >= 0.6 is 0 Å². The van der Waals surface area contributed by atoms with E-state index in [1.165, 1.54) is 0 Å². The molecule has 0 spiro atoms. The molecule has 1 nitrogen and oxygen atoms in total. The van der Waals surface area contributed by atoms with Crippen LogP contribution < -0.4 is 0 Å². The fraction of sp³-hybridized carbons (Fsp3) is 0. The van der Waals surface area contributed by atoms with Crippen molar-refractivity contribution in [1.82, 2.24) is 0 Å². The topological polar surface area (TPSA) is 17.1 Å². The molecule has 0 aromatic heterocycles. The molecule has 0 aliphatic carbocycles. The first-order valence-corrected chi connectivity index (χ1v) is 1.60. The second-order valence-electron chi connectivity index (χ2n) is 0. The summed E-state index contributed by atoms with van der Waals surface area (Å²) in [5.74, 6) is 0. The van der Waals surface area contributed by atoms with Crippen molar-refractivity contribution < 1.29 is 38.4 Å². The zero-order valence-electron chi connectivity index (χ0n) is 2.43. The monoisotopic (exact) mass is 371 g/mol. The van der Waals surface area contributed by atoms with Gasteiger partial charge in [0.1, 0.15) is 0 Å². The van der Waals surface area contributed by atoms with Crippen LogP contribution in [0.5, 0.6) is 0 Å². The van der Waals surface area contributed by atoms with Gasteiger partial charge < -0.3 is 0 Å². The van der Waals surface area contributed by atoms with Crippen molar-refractivity contribution in [3.63, 3.8) is 0 Å². The van der Waals surface area contributed by atoms with E-state index in [0.717, 1.165) is 0 Å². The molecule has 0 aliphatic rings. The summed E-state index contributed by atoms with van der Waals surface area (Å²) in [6.45, 7) is 0. The molecule has 0 saturated heterocycles. The van der Waals surface area contributed by atoms with Gasteiger partial charge >= 0.3 is 27.5 Å². The summed E-state index contributed by atoms with van der Waals surface area (Å²) in [4.78, 5) is 0. The van der Waals surface area contributed by atoms with Gasteiger partial charge in [-0.05, 0) is 0 Å². The van der Waals surface area contributed by atoms with Crippen molar-refractivity contribution in [3.05, 3.63) is 0 Å². The molecule has 0 bridgehead atoms. The second kappa shape index (κ2) is 17.9.